The number of rotatable bonds is 63. The SMILES string of the molecule is CCC(CC)COC(=O)CCCCC(O)CN(CCCCSSCCN1CCN(CCOC(=O)CCCCN(CC(O)CCCCCCC(=O)OCCC(C)C)CC(O)CCCCCCC(=O)OCCC(C)C)CC1)CC(O)CCCCC(=O)OCC(CC)CC. The first-order valence-electron chi connectivity index (χ1n) is 36.5. The largest absolute Gasteiger partial charge is 0.466 e. The van der Waals surface area contributed by atoms with Crippen molar-refractivity contribution in [3.05, 3.63) is 0 Å². The van der Waals surface area contributed by atoms with Crippen LogP contribution in [0.5, 0.6) is 0 Å². The Balaban J connectivity index is 2.45. The summed E-state index contributed by atoms with van der Waals surface area (Å²) in [5, 5.41) is 44.2. The van der Waals surface area contributed by atoms with Crippen molar-refractivity contribution < 1.29 is 68.1 Å². The molecule has 18 nitrogen and oxygen atoms in total. The summed E-state index contributed by atoms with van der Waals surface area (Å²) in [6.45, 7) is 28.0. The summed E-state index contributed by atoms with van der Waals surface area (Å²) in [6.07, 6.45) is 21.0. The van der Waals surface area contributed by atoms with E-state index in [0.29, 0.717) is 173 Å². The molecule has 0 aromatic rings. The van der Waals surface area contributed by atoms with Gasteiger partial charge in [0.25, 0.3) is 0 Å². The smallest absolute Gasteiger partial charge is 0.305 e. The van der Waals surface area contributed by atoms with Gasteiger partial charge in [-0.25, -0.2) is 0 Å². The Morgan fingerprint density at radius 3 is 1.07 bits per heavy atom. The van der Waals surface area contributed by atoms with Gasteiger partial charge >= 0.3 is 29.8 Å². The Morgan fingerprint density at radius 1 is 0.374 bits per heavy atom. The van der Waals surface area contributed by atoms with E-state index in [4.69, 9.17) is 23.7 Å². The van der Waals surface area contributed by atoms with E-state index in [1.807, 2.05) is 21.6 Å². The van der Waals surface area contributed by atoms with Gasteiger partial charge in [-0.15, -0.1) is 0 Å². The van der Waals surface area contributed by atoms with Gasteiger partial charge in [0.1, 0.15) is 6.61 Å². The maximum atomic E-state index is 12.8. The summed E-state index contributed by atoms with van der Waals surface area (Å²) in [5.74, 6) is 3.06. The molecule has 1 aliphatic rings. The molecule has 1 fully saturated rings. The molecule has 4 atom stereocenters. The van der Waals surface area contributed by atoms with Crippen molar-refractivity contribution >= 4 is 51.4 Å². The molecule has 4 unspecified atom stereocenters. The van der Waals surface area contributed by atoms with Crippen molar-refractivity contribution in [2.24, 2.45) is 23.7 Å². The third-order valence-corrected chi connectivity index (χ3v) is 20.0. The van der Waals surface area contributed by atoms with Gasteiger partial charge in [-0.3, -0.25) is 43.6 Å². The average molecular weight is 1330 g/mol. The van der Waals surface area contributed by atoms with Crippen molar-refractivity contribution in [1.82, 2.24) is 19.6 Å². The van der Waals surface area contributed by atoms with E-state index in [0.717, 1.165) is 173 Å². The van der Waals surface area contributed by atoms with Gasteiger partial charge in [-0.1, -0.05) is 154 Å². The second-order valence-corrected chi connectivity index (χ2v) is 29.5. The Morgan fingerprint density at radius 2 is 0.681 bits per heavy atom. The summed E-state index contributed by atoms with van der Waals surface area (Å²) in [4.78, 5) is 70.7. The number of nitrogens with zero attached hydrogens (tertiary/aromatic N) is 4. The van der Waals surface area contributed by atoms with Gasteiger partial charge < -0.3 is 44.1 Å². The lowest BCUT2D eigenvalue weighted by molar-refractivity contribution is -0.146. The van der Waals surface area contributed by atoms with Crippen LogP contribution in [0.15, 0.2) is 0 Å². The maximum absolute atomic E-state index is 12.8. The summed E-state index contributed by atoms with van der Waals surface area (Å²) in [7, 11) is 3.81. The molecular weight excluding hydrogens is 1200 g/mol. The molecule has 536 valence electrons. The number of carbonyl (C=O) groups is 5. The first-order chi connectivity index (χ1) is 43.8. The summed E-state index contributed by atoms with van der Waals surface area (Å²) in [5.41, 5.74) is 0. The maximum Gasteiger partial charge on any atom is 0.305 e. The number of carbonyl (C=O) groups excluding carboxylic acids is 5. The zero-order valence-electron chi connectivity index (χ0n) is 59.0. The molecule has 91 heavy (non-hydrogen) atoms. The van der Waals surface area contributed by atoms with E-state index in [9.17, 15) is 44.4 Å². The lowest BCUT2D eigenvalue weighted by Crippen LogP contribution is -2.47. The molecule has 0 spiro atoms. The minimum Gasteiger partial charge on any atom is -0.466 e. The molecule has 0 aliphatic carbocycles. The van der Waals surface area contributed by atoms with Crippen molar-refractivity contribution in [3.63, 3.8) is 0 Å². The molecule has 0 saturated carbocycles. The first kappa shape index (κ1) is 86.7. The second-order valence-electron chi connectivity index (χ2n) is 26.8. The Labute approximate surface area is 562 Å². The zero-order valence-corrected chi connectivity index (χ0v) is 60.6. The molecule has 1 saturated heterocycles. The Kier molecular flexibility index (Phi) is 56.3. The second kappa shape index (κ2) is 59.0. The Hall–Kier alpha value is -2.27. The average Bonchev–Trinajstić information content (AvgIpc) is 3.66. The van der Waals surface area contributed by atoms with Crippen LogP contribution >= 0.6 is 21.6 Å². The molecule has 0 bridgehead atoms. The number of hydrogen-bond acceptors (Lipinski definition) is 20. The third-order valence-electron chi connectivity index (χ3n) is 17.5. The normalized spacial score (nSPS) is 14.7. The lowest BCUT2D eigenvalue weighted by atomic mass is 10.1. The monoisotopic (exact) mass is 1330 g/mol. The van der Waals surface area contributed by atoms with Gasteiger partial charge in [-0.05, 0) is 127 Å². The highest BCUT2D eigenvalue weighted by molar-refractivity contribution is 8.76. The lowest BCUT2D eigenvalue weighted by Gasteiger charge is -2.34. The van der Waals surface area contributed by atoms with E-state index >= 15 is 0 Å². The van der Waals surface area contributed by atoms with Crippen LogP contribution in [-0.4, -0.2) is 217 Å². The van der Waals surface area contributed by atoms with Gasteiger partial charge in [0.2, 0.25) is 0 Å². The molecule has 0 aromatic heterocycles. The van der Waals surface area contributed by atoms with Crippen LogP contribution < -0.4 is 0 Å². The van der Waals surface area contributed by atoms with Crippen LogP contribution in [0.3, 0.4) is 0 Å². The highest BCUT2D eigenvalue weighted by Crippen LogP contribution is 2.24. The fourth-order valence-electron chi connectivity index (χ4n) is 10.9. The van der Waals surface area contributed by atoms with E-state index in [-0.39, 0.29) is 29.8 Å². The van der Waals surface area contributed by atoms with Crippen LogP contribution in [0.2, 0.25) is 0 Å². The van der Waals surface area contributed by atoms with Gasteiger partial charge in [0, 0.05) is 109 Å². The minimum absolute atomic E-state index is 0.138. The van der Waals surface area contributed by atoms with Gasteiger partial charge in [0.05, 0.1) is 50.8 Å². The van der Waals surface area contributed by atoms with E-state index in [2.05, 4.69) is 75.0 Å². The Bertz CT molecular complexity index is 1670. The fraction of sp³-hybridized carbons (Fsp3) is 0.930. The molecule has 1 rings (SSSR count). The fourth-order valence-corrected chi connectivity index (χ4v) is 13.1. The standard InChI is InChI=1S/C71H136N4O14S2/c1-9-61(10-2)57-88-70(83)35-23-21-31-65(78)55-75(56-66(79)32-22-24-36-71(84)89-58-62(11-3)12-4)41-27-28-51-90-91-52-47-73-44-42-72(43-45-73)46-50-87-69(82)37-25-26-40-74(53-63(76)29-17-13-15-19-33-67(80)85-48-38-59(5)6)54-64(77)30-18-14-16-20-34-68(81)86-49-39-60(7)8/h59-66,76-79H,9-58H2,1-8H3. The van der Waals surface area contributed by atoms with E-state index in [1.165, 1.54) is 0 Å². The summed E-state index contributed by atoms with van der Waals surface area (Å²) >= 11 is 0. The van der Waals surface area contributed by atoms with Crippen LogP contribution in [0.25, 0.3) is 0 Å². The third kappa shape index (κ3) is 53.6. The highest BCUT2D eigenvalue weighted by atomic mass is 33.1. The van der Waals surface area contributed by atoms with Crippen molar-refractivity contribution in [2.75, 3.05) is 123 Å². The van der Waals surface area contributed by atoms with Gasteiger partial charge in [-0.2, -0.15) is 0 Å². The highest BCUT2D eigenvalue weighted by Gasteiger charge is 2.21. The van der Waals surface area contributed by atoms with E-state index < -0.39 is 24.4 Å². The molecule has 20 heteroatoms. The zero-order chi connectivity index (χ0) is 67.1. The number of aliphatic hydroxyl groups excluding tert-OH is 4. The van der Waals surface area contributed by atoms with Crippen molar-refractivity contribution in [3.8, 4) is 0 Å². The molecule has 0 aromatic carbocycles. The summed E-state index contributed by atoms with van der Waals surface area (Å²) in [6, 6.07) is 0. The van der Waals surface area contributed by atoms with Crippen LogP contribution in [0, 0.1) is 23.7 Å². The minimum atomic E-state index is -0.553. The molecule has 1 heterocycles. The van der Waals surface area contributed by atoms with Crippen LogP contribution in [0.1, 0.15) is 254 Å². The summed E-state index contributed by atoms with van der Waals surface area (Å²) < 4.78 is 27.3. The number of aliphatic hydroxyl groups is 4. The number of ether oxygens (including phenoxy) is 5. The van der Waals surface area contributed by atoms with Crippen molar-refractivity contribution in [1.29, 1.82) is 0 Å². The van der Waals surface area contributed by atoms with Crippen LogP contribution in [-0.2, 0) is 47.7 Å². The number of esters is 5. The number of unbranched alkanes of at least 4 members (excludes halogenated alkanes) is 10. The predicted octanol–water partition coefficient (Wildman–Crippen LogP) is 12.5. The predicted molar refractivity (Wildman–Crippen MR) is 372 cm³/mol. The topological polar surface area (TPSA) is 225 Å². The molecule has 0 radical (unpaired) electrons. The molecule has 4 N–H and O–H groups in total. The van der Waals surface area contributed by atoms with Gasteiger partial charge in [0.15, 0.2) is 0 Å². The number of hydrogen-bond donors (Lipinski definition) is 4. The molecule has 1 aliphatic heterocycles. The first-order valence-corrected chi connectivity index (χ1v) is 39.0. The van der Waals surface area contributed by atoms with Crippen molar-refractivity contribution in [2.45, 2.75) is 279 Å². The molecular formula is C71H136N4O14S2. The van der Waals surface area contributed by atoms with E-state index in [1.54, 1.807) is 0 Å². The number of piperazine rings is 1. The van der Waals surface area contributed by atoms with Crippen LogP contribution in [0.4, 0.5) is 0 Å². The quantitative estimate of drug-likeness (QED) is 0.0192. The molecule has 0 amide bonds.